The van der Waals surface area contributed by atoms with E-state index in [1.807, 2.05) is 6.20 Å². The van der Waals surface area contributed by atoms with Crippen molar-refractivity contribution in [2.24, 2.45) is 4.99 Å². The summed E-state index contributed by atoms with van der Waals surface area (Å²) < 4.78 is 0. The molecule has 0 radical (unpaired) electrons. The molecule has 0 spiro atoms. The van der Waals surface area contributed by atoms with E-state index in [0.29, 0.717) is 0 Å². The van der Waals surface area contributed by atoms with Gasteiger partial charge >= 0.3 is 0 Å². The Balaban J connectivity index is 2.34. The summed E-state index contributed by atoms with van der Waals surface area (Å²) in [7, 11) is 0. The van der Waals surface area contributed by atoms with Crippen LogP contribution in [0, 0.1) is 0 Å². The molecule has 1 heterocycles. The smallest absolute Gasteiger partial charge is 0.0365 e. The van der Waals surface area contributed by atoms with Gasteiger partial charge in [-0.3, -0.25) is 9.89 Å². The SMILES string of the molecule is CC(C)=CN=C(C)CN1CCCCC1. The highest BCUT2D eigenvalue weighted by Crippen LogP contribution is 2.08. The molecule has 0 unspecified atom stereocenters. The van der Waals surface area contributed by atoms with E-state index < -0.39 is 0 Å². The highest BCUT2D eigenvalue weighted by molar-refractivity contribution is 5.84. The molecule has 14 heavy (non-hydrogen) atoms. The third-order valence-corrected chi connectivity index (χ3v) is 2.44. The zero-order valence-electron chi connectivity index (χ0n) is 9.71. The van der Waals surface area contributed by atoms with Crippen molar-refractivity contribution < 1.29 is 0 Å². The van der Waals surface area contributed by atoms with Gasteiger partial charge < -0.3 is 0 Å². The van der Waals surface area contributed by atoms with Crippen LogP contribution in [0.1, 0.15) is 40.0 Å². The van der Waals surface area contributed by atoms with Gasteiger partial charge in [-0.05, 0) is 46.7 Å². The fourth-order valence-electron chi connectivity index (χ4n) is 1.72. The van der Waals surface area contributed by atoms with E-state index >= 15 is 0 Å². The van der Waals surface area contributed by atoms with Crippen molar-refractivity contribution in [2.75, 3.05) is 19.6 Å². The van der Waals surface area contributed by atoms with Gasteiger partial charge in [0.2, 0.25) is 0 Å². The average Bonchev–Trinajstić information content (AvgIpc) is 2.16. The molecule has 1 fully saturated rings. The molecule has 0 amide bonds. The standard InChI is InChI=1S/C12H22N2/c1-11(2)9-13-12(3)10-14-7-5-4-6-8-14/h9H,4-8,10H2,1-3H3. The van der Waals surface area contributed by atoms with Crippen LogP contribution in [0.4, 0.5) is 0 Å². The maximum absolute atomic E-state index is 4.43. The number of nitrogens with zero attached hydrogens (tertiary/aromatic N) is 2. The van der Waals surface area contributed by atoms with Gasteiger partial charge in [-0.1, -0.05) is 12.0 Å². The summed E-state index contributed by atoms with van der Waals surface area (Å²) in [6.07, 6.45) is 6.08. The second kappa shape index (κ2) is 5.97. The molecule has 2 nitrogen and oxygen atoms in total. The van der Waals surface area contributed by atoms with Crippen LogP contribution in [0.15, 0.2) is 16.8 Å². The van der Waals surface area contributed by atoms with E-state index in [-0.39, 0.29) is 0 Å². The van der Waals surface area contributed by atoms with Gasteiger partial charge in [-0.15, -0.1) is 0 Å². The Morgan fingerprint density at radius 2 is 1.79 bits per heavy atom. The van der Waals surface area contributed by atoms with Crippen LogP contribution in [0.3, 0.4) is 0 Å². The van der Waals surface area contributed by atoms with Gasteiger partial charge in [0.1, 0.15) is 0 Å². The lowest BCUT2D eigenvalue weighted by molar-refractivity contribution is 0.258. The first-order valence-electron chi connectivity index (χ1n) is 5.57. The molecule has 80 valence electrons. The molecule has 0 aliphatic carbocycles. The minimum Gasteiger partial charge on any atom is -0.298 e. The maximum Gasteiger partial charge on any atom is 0.0365 e. The van der Waals surface area contributed by atoms with Crippen LogP contribution >= 0.6 is 0 Å². The lowest BCUT2D eigenvalue weighted by Gasteiger charge is -2.25. The van der Waals surface area contributed by atoms with E-state index in [1.165, 1.54) is 43.6 Å². The van der Waals surface area contributed by atoms with Crippen molar-refractivity contribution in [1.82, 2.24) is 4.90 Å². The van der Waals surface area contributed by atoms with Crippen molar-refractivity contribution in [1.29, 1.82) is 0 Å². The van der Waals surface area contributed by atoms with Gasteiger partial charge in [0.05, 0.1) is 0 Å². The number of aliphatic imine (C=N–C) groups is 1. The summed E-state index contributed by atoms with van der Waals surface area (Å²) in [5.74, 6) is 0. The quantitative estimate of drug-likeness (QED) is 0.631. The predicted octanol–water partition coefficient (Wildman–Crippen LogP) is 2.86. The molecule has 1 saturated heterocycles. The largest absolute Gasteiger partial charge is 0.298 e. The molecule has 0 aromatic carbocycles. The number of hydrogen-bond acceptors (Lipinski definition) is 2. The van der Waals surface area contributed by atoms with E-state index in [0.717, 1.165) is 6.54 Å². The summed E-state index contributed by atoms with van der Waals surface area (Å²) in [5.41, 5.74) is 2.50. The molecule has 1 aliphatic rings. The lowest BCUT2D eigenvalue weighted by Crippen LogP contribution is -2.33. The lowest BCUT2D eigenvalue weighted by atomic mass is 10.1. The van der Waals surface area contributed by atoms with E-state index in [4.69, 9.17) is 0 Å². The minimum absolute atomic E-state index is 1.05. The number of likely N-dealkylation sites (tertiary alicyclic amines) is 1. The zero-order valence-corrected chi connectivity index (χ0v) is 9.71. The predicted molar refractivity (Wildman–Crippen MR) is 62.8 cm³/mol. The molecule has 0 aromatic heterocycles. The second-order valence-corrected chi connectivity index (χ2v) is 4.41. The monoisotopic (exact) mass is 194 g/mol. The summed E-state index contributed by atoms with van der Waals surface area (Å²) in [4.78, 5) is 6.93. The van der Waals surface area contributed by atoms with Crippen LogP contribution in [0.25, 0.3) is 0 Å². The van der Waals surface area contributed by atoms with Crippen molar-refractivity contribution in [2.45, 2.75) is 40.0 Å². The Labute approximate surface area is 87.7 Å². The molecule has 2 heteroatoms. The first-order chi connectivity index (χ1) is 6.68. The van der Waals surface area contributed by atoms with Gasteiger partial charge in [-0.25, -0.2) is 0 Å². The molecular weight excluding hydrogens is 172 g/mol. The molecule has 0 N–H and O–H groups in total. The number of piperidine rings is 1. The molecule has 1 rings (SSSR count). The Morgan fingerprint density at radius 3 is 2.36 bits per heavy atom. The first-order valence-corrected chi connectivity index (χ1v) is 5.57. The van der Waals surface area contributed by atoms with Crippen LogP contribution in [0.5, 0.6) is 0 Å². The summed E-state index contributed by atoms with van der Waals surface area (Å²) >= 11 is 0. The van der Waals surface area contributed by atoms with Gasteiger partial charge in [0, 0.05) is 18.5 Å². The number of allylic oxidation sites excluding steroid dienone is 1. The maximum atomic E-state index is 4.43. The third-order valence-electron chi connectivity index (χ3n) is 2.44. The summed E-state index contributed by atoms with van der Waals surface area (Å²) in [5, 5.41) is 0. The van der Waals surface area contributed by atoms with Crippen LogP contribution in [-0.4, -0.2) is 30.2 Å². The van der Waals surface area contributed by atoms with Gasteiger partial charge in [0.25, 0.3) is 0 Å². The van der Waals surface area contributed by atoms with Gasteiger partial charge in [-0.2, -0.15) is 0 Å². The summed E-state index contributed by atoms with van der Waals surface area (Å²) in [6, 6.07) is 0. The van der Waals surface area contributed by atoms with E-state index in [1.54, 1.807) is 0 Å². The van der Waals surface area contributed by atoms with E-state index in [2.05, 4.69) is 30.7 Å². The second-order valence-electron chi connectivity index (χ2n) is 4.41. The highest BCUT2D eigenvalue weighted by Gasteiger charge is 2.09. The van der Waals surface area contributed by atoms with Crippen molar-refractivity contribution >= 4 is 5.71 Å². The molecule has 0 bridgehead atoms. The Kier molecular flexibility index (Phi) is 4.88. The average molecular weight is 194 g/mol. The van der Waals surface area contributed by atoms with Crippen LogP contribution < -0.4 is 0 Å². The number of hydrogen-bond donors (Lipinski definition) is 0. The summed E-state index contributed by atoms with van der Waals surface area (Å²) in [6.45, 7) is 9.83. The first kappa shape index (κ1) is 11.4. The fourth-order valence-corrected chi connectivity index (χ4v) is 1.72. The Morgan fingerprint density at radius 1 is 1.14 bits per heavy atom. The molecular formula is C12H22N2. The van der Waals surface area contributed by atoms with Crippen molar-refractivity contribution in [3.8, 4) is 0 Å². The Hall–Kier alpha value is -0.630. The molecule has 1 aliphatic heterocycles. The number of rotatable bonds is 3. The Bertz CT molecular complexity index is 218. The molecule has 0 aromatic rings. The van der Waals surface area contributed by atoms with Crippen LogP contribution in [-0.2, 0) is 0 Å². The van der Waals surface area contributed by atoms with Gasteiger partial charge in [0.15, 0.2) is 0 Å². The van der Waals surface area contributed by atoms with Crippen molar-refractivity contribution in [3.05, 3.63) is 11.8 Å². The van der Waals surface area contributed by atoms with E-state index in [9.17, 15) is 0 Å². The molecule has 0 saturated carbocycles. The molecule has 0 atom stereocenters. The third kappa shape index (κ3) is 4.56. The fraction of sp³-hybridized carbons (Fsp3) is 0.750. The topological polar surface area (TPSA) is 15.6 Å². The minimum atomic E-state index is 1.05. The normalized spacial score (nSPS) is 19.5. The van der Waals surface area contributed by atoms with Crippen LogP contribution in [0.2, 0.25) is 0 Å². The zero-order chi connectivity index (χ0) is 10.4. The highest BCUT2D eigenvalue weighted by atomic mass is 15.1. The van der Waals surface area contributed by atoms with Crippen molar-refractivity contribution in [3.63, 3.8) is 0 Å².